The topological polar surface area (TPSA) is 12.0 Å². The van der Waals surface area contributed by atoms with E-state index in [0.717, 1.165) is 16.7 Å². The summed E-state index contributed by atoms with van der Waals surface area (Å²) in [6.45, 7) is 0. The highest BCUT2D eigenvalue weighted by Gasteiger charge is 2.17. The van der Waals surface area contributed by atoms with Gasteiger partial charge in [0.15, 0.2) is 0 Å². The first kappa shape index (κ1) is 14.2. The van der Waals surface area contributed by atoms with E-state index >= 15 is 0 Å². The van der Waals surface area contributed by atoms with E-state index in [-0.39, 0.29) is 0 Å². The van der Waals surface area contributed by atoms with E-state index in [0.29, 0.717) is 6.04 Å². The van der Waals surface area contributed by atoms with Crippen molar-refractivity contribution in [2.24, 2.45) is 0 Å². The molecule has 1 aromatic rings. The summed E-state index contributed by atoms with van der Waals surface area (Å²) in [5, 5.41) is 5.21. The lowest BCUT2D eigenvalue weighted by molar-refractivity contribution is 0.616. The summed E-state index contributed by atoms with van der Waals surface area (Å²) in [6, 6.07) is 8.70. The number of rotatable bonds is 6. The second-order valence-corrected chi connectivity index (χ2v) is 6.76. The second-order valence-electron chi connectivity index (χ2n) is 5.02. The molecule has 1 fully saturated rings. The highest BCUT2D eigenvalue weighted by atomic mass is 35.5. The van der Waals surface area contributed by atoms with Crippen molar-refractivity contribution in [1.82, 2.24) is 5.32 Å². The van der Waals surface area contributed by atoms with E-state index in [1.807, 2.05) is 12.1 Å². The maximum Gasteiger partial charge on any atom is 0.0438 e. The first-order valence-corrected chi connectivity index (χ1v) is 8.24. The van der Waals surface area contributed by atoms with Gasteiger partial charge in [0.2, 0.25) is 0 Å². The minimum absolute atomic E-state index is 0.524. The predicted octanol–water partition coefficient (Wildman–Crippen LogP) is 4.15. The number of benzene rings is 1. The molecule has 1 atom stereocenters. The Hall–Kier alpha value is -0.180. The lowest BCUT2D eigenvalue weighted by atomic mass is 10.1. The van der Waals surface area contributed by atoms with Crippen LogP contribution in [0.2, 0.25) is 5.02 Å². The zero-order valence-corrected chi connectivity index (χ0v) is 12.6. The van der Waals surface area contributed by atoms with Gasteiger partial charge in [0.25, 0.3) is 0 Å². The number of nitrogens with one attached hydrogen (secondary N) is 1. The quantitative estimate of drug-likeness (QED) is 0.842. The van der Waals surface area contributed by atoms with Gasteiger partial charge in [-0.3, -0.25) is 0 Å². The fourth-order valence-corrected chi connectivity index (χ4v) is 4.15. The van der Waals surface area contributed by atoms with Crippen molar-refractivity contribution in [3.8, 4) is 0 Å². The zero-order valence-electron chi connectivity index (χ0n) is 11.0. The van der Waals surface area contributed by atoms with Crippen molar-refractivity contribution in [3.63, 3.8) is 0 Å². The minimum Gasteiger partial charge on any atom is -0.316 e. The summed E-state index contributed by atoms with van der Waals surface area (Å²) in [5.41, 5.74) is 1.26. The highest BCUT2D eigenvalue weighted by molar-refractivity contribution is 7.99. The van der Waals surface area contributed by atoms with Crippen molar-refractivity contribution in [2.75, 3.05) is 12.8 Å². The van der Waals surface area contributed by atoms with Gasteiger partial charge >= 0.3 is 0 Å². The average molecular weight is 284 g/mol. The van der Waals surface area contributed by atoms with Crippen LogP contribution in [0, 0.1) is 0 Å². The molecule has 1 unspecified atom stereocenters. The average Bonchev–Trinajstić information content (AvgIpc) is 2.90. The SMILES string of the molecule is CNC(CSC1CCCC1)Cc1ccccc1Cl. The van der Waals surface area contributed by atoms with Gasteiger partial charge in [0.1, 0.15) is 0 Å². The third-order valence-electron chi connectivity index (χ3n) is 3.67. The van der Waals surface area contributed by atoms with Gasteiger partial charge in [-0.05, 0) is 37.9 Å². The smallest absolute Gasteiger partial charge is 0.0438 e. The van der Waals surface area contributed by atoms with E-state index in [9.17, 15) is 0 Å². The Morgan fingerprint density at radius 2 is 2.06 bits per heavy atom. The molecule has 1 nitrogen and oxygen atoms in total. The first-order chi connectivity index (χ1) is 8.79. The van der Waals surface area contributed by atoms with Crippen LogP contribution in [0.5, 0.6) is 0 Å². The van der Waals surface area contributed by atoms with Gasteiger partial charge in [-0.15, -0.1) is 0 Å². The van der Waals surface area contributed by atoms with Gasteiger partial charge in [-0.2, -0.15) is 11.8 Å². The minimum atomic E-state index is 0.524. The molecule has 18 heavy (non-hydrogen) atoms. The van der Waals surface area contributed by atoms with E-state index in [1.54, 1.807) is 0 Å². The molecule has 0 aliphatic heterocycles. The van der Waals surface area contributed by atoms with Crippen LogP contribution in [0.25, 0.3) is 0 Å². The Bertz CT molecular complexity index is 363. The molecular formula is C15H22ClNS. The molecule has 2 rings (SSSR count). The number of thioether (sulfide) groups is 1. The van der Waals surface area contributed by atoms with Gasteiger partial charge in [-0.25, -0.2) is 0 Å². The molecular weight excluding hydrogens is 262 g/mol. The Balaban J connectivity index is 1.83. The summed E-state index contributed by atoms with van der Waals surface area (Å²) >= 11 is 8.35. The Labute approximate surface area is 120 Å². The van der Waals surface area contributed by atoms with E-state index in [2.05, 4.69) is 36.3 Å². The molecule has 0 heterocycles. The molecule has 3 heteroatoms. The molecule has 1 N–H and O–H groups in total. The summed E-state index contributed by atoms with van der Waals surface area (Å²) in [7, 11) is 2.05. The van der Waals surface area contributed by atoms with Crippen LogP contribution in [-0.2, 0) is 6.42 Å². The third kappa shape index (κ3) is 4.18. The van der Waals surface area contributed by atoms with Crippen molar-refractivity contribution in [1.29, 1.82) is 0 Å². The van der Waals surface area contributed by atoms with Crippen molar-refractivity contribution in [3.05, 3.63) is 34.9 Å². The normalized spacial score (nSPS) is 18.1. The number of hydrogen-bond donors (Lipinski definition) is 1. The molecule has 0 saturated heterocycles. The van der Waals surface area contributed by atoms with E-state index < -0.39 is 0 Å². The van der Waals surface area contributed by atoms with Crippen molar-refractivity contribution >= 4 is 23.4 Å². The summed E-state index contributed by atoms with van der Waals surface area (Å²) in [5.74, 6) is 1.19. The van der Waals surface area contributed by atoms with Crippen LogP contribution in [0.15, 0.2) is 24.3 Å². The second kappa shape index (κ2) is 7.42. The summed E-state index contributed by atoms with van der Waals surface area (Å²) < 4.78 is 0. The van der Waals surface area contributed by atoms with E-state index in [4.69, 9.17) is 11.6 Å². The fourth-order valence-electron chi connectivity index (χ4n) is 2.48. The highest BCUT2D eigenvalue weighted by Crippen LogP contribution is 2.30. The number of hydrogen-bond acceptors (Lipinski definition) is 2. The summed E-state index contributed by atoms with van der Waals surface area (Å²) in [6.07, 6.45) is 6.69. The Morgan fingerprint density at radius 1 is 1.33 bits per heavy atom. The Kier molecular flexibility index (Phi) is 5.87. The lowest BCUT2D eigenvalue weighted by Crippen LogP contribution is -2.30. The number of likely N-dealkylation sites (N-methyl/N-ethyl adjacent to an activating group) is 1. The summed E-state index contributed by atoms with van der Waals surface area (Å²) in [4.78, 5) is 0. The van der Waals surface area contributed by atoms with Crippen molar-refractivity contribution in [2.45, 2.75) is 43.4 Å². The van der Waals surface area contributed by atoms with Crippen LogP contribution in [0.1, 0.15) is 31.2 Å². The molecule has 0 radical (unpaired) electrons. The predicted molar refractivity (Wildman–Crippen MR) is 82.7 cm³/mol. The zero-order chi connectivity index (χ0) is 12.8. The van der Waals surface area contributed by atoms with Gasteiger partial charge in [-0.1, -0.05) is 42.6 Å². The molecule has 0 amide bonds. The van der Waals surface area contributed by atoms with Crippen LogP contribution < -0.4 is 5.32 Å². The molecule has 1 aliphatic rings. The largest absolute Gasteiger partial charge is 0.316 e. The standard InChI is InChI=1S/C15H22ClNS/c1-17-13(11-18-14-7-3-4-8-14)10-12-6-2-5-9-15(12)16/h2,5-6,9,13-14,17H,3-4,7-8,10-11H2,1H3. The maximum atomic E-state index is 6.22. The molecule has 100 valence electrons. The molecule has 1 aromatic carbocycles. The fraction of sp³-hybridized carbons (Fsp3) is 0.600. The van der Waals surface area contributed by atoms with Gasteiger partial charge in [0, 0.05) is 22.1 Å². The molecule has 1 saturated carbocycles. The van der Waals surface area contributed by atoms with Gasteiger partial charge in [0.05, 0.1) is 0 Å². The molecule has 1 aliphatic carbocycles. The van der Waals surface area contributed by atoms with Crippen LogP contribution >= 0.6 is 23.4 Å². The van der Waals surface area contributed by atoms with Crippen LogP contribution in [-0.4, -0.2) is 24.1 Å². The van der Waals surface area contributed by atoms with Crippen LogP contribution in [0.4, 0.5) is 0 Å². The Morgan fingerprint density at radius 3 is 2.72 bits per heavy atom. The first-order valence-electron chi connectivity index (χ1n) is 6.82. The van der Waals surface area contributed by atoms with Crippen LogP contribution in [0.3, 0.4) is 0 Å². The monoisotopic (exact) mass is 283 g/mol. The van der Waals surface area contributed by atoms with E-state index in [1.165, 1.54) is 37.0 Å². The third-order valence-corrected chi connectivity index (χ3v) is 5.57. The molecule has 0 bridgehead atoms. The van der Waals surface area contributed by atoms with Gasteiger partial charge < -0.3 is 5.32 Å². The maximum absolute atomic E-state index is 6.22. The lowest BCUT2D eigenvalue weighted by Gasteiger charge is -2.18. The van der Waals surface area contributed by atoms with Crippen molar-refractivity contribution < 1.29 is 0 Å². The molecule has 0 aromatic heterocycles. The molecule has 0 spiro atoms. The number of halogens is 1.